The summed E-state index contributed by atoms with van der Waals surface area (Å²) in [5, 5.41) is 73.3. The van der Waals surface area contributed by atoms with Crippen molar-refractivity contribution in [1.82, 2.24) is 20.3 Å². The number of phenols is 1. The Balaban J connectivity index is 0.713. The highest BCUT2D eigenvalue weighted by Crippen LogP contribution is 2.81. The lowest BCUT2D eigenvalue weighted by Crippen LogP contribution is -2.76. The number of aromatic nitrogens is 3. The van der Waals surface area contributed by atoms with Crippen molar-refractivity contribution in [3.8, 4) is 23.0 Å². The Hall–Kier alpha value is -6.69. The van der Waals surface area contributed by atoms with Gasteiger partial charge in [-0.25, -0.2) is 9.59 Å². The van der Waals surface area contributed by atoms with Gasteiger partial charge in [-0.1, -0.05) is 44.2 Å². The SMILES string of the molecule is CC(=O)O[C@H]1C2C([C@@H](O)[C@@H](NC(=O)CCCn3cc(COc4ccc5c(c4)Oc4cc(O)ccc4C54OC(=O)c5ccccc54)nn3)[C@H]3C[C@@H]4O[C@@H]4[C@H](O)[C@]23C)[C@@H]2[C@@H](O)[C@@H]3[C@H]([C@H](C)[C@H]4O[C@]45OC(=O)[C@@](C)(O)[C@]35C)[C@@]2(C)[C@H]1OC(C)=O. The molecule has 3 saturated heterocycles. The van der Waals surface area contributed by atoms with Crippen molar-refractivity contribution in [1.29, 1.82) is 0 Å². The van der Waals surface area contributed by atoms with Gasteiger partial charge in [0.05, 0.1) is 47.6 Å². The molecule has 10 aliphatic rings. The number of hydrogen-bond acceptors (Lipinski definition) is 20. The molecule has 6 N–H and O–H groups in total. The van der Waals surface area contributed by atoms with Crippen LogP contribution in [0.15, 0.2) is 66.9 Å². The Morgan fingerprint density at radius 1 is 0.852 bits per heavy atom. The van der Waals surface area contributed by atoms with Crippen LogP contribution in [0.3, 0.4) is 0 Å². The van der Waals surface area contributed by atoms with Crippen LogP contribution in [0, 0.1) is 57.7 Å². The van der Waals surface area contributed by atoms with Crippen LogP contribution in [0.1, 0.15) is 100 Å². The van der Waals surface area contributed by atoms with Crippen molar-refractivity contribution in [2.45, 2.75) is 153 Å². The molecule has 0 radical (unpaired) electrons. The lowest BCUT2D eigenvalue weighted by atomic mass is 9.40. The van der Waals surface area contributed by atoms with Gasteiger partial charge in [0.1, 0.15) is 59.7 Å². The van der Waals surface area contributed by atoms with E-state index in [1.54, 1.807) is 54.2 Å². The second-order valence-corrected chi connectivity index (χ2v) is 25.2. The van der Waals surface area contributed by atoms with Gasteiger partial charge in [-0.05, 0) is 80.7 Å². The van der Waals surface area contributed by atoms with Gasteiger partial charge in [-0.2, -0.15) is 0 Å². The van der Waals surface area contributed by atoms with E-state index >= 15 is 0 Å². The molecule has 0 bridgehead atoms. The van der Waals surface area contributed by atoms with Crippen molar-refractivity contribution in [2.75, 3.05) is 0 Å². The van der Waals surface area contributed by atoms with E-state index in [0.29, 0.717) is 58.0 Å². The second-order valence-electron chi connectivity index (χ2n) is 25.2. The zero-order valence-electron chi connectivity index (χ0n) is 45.5. The van der Waals surface area contributed by atoms with Crippen molar-refractivity contribution < 1.29 is 87.4 Å². The van der Waals surface area contributed by atoms with Gasteiger partial charge < -0.3 is 68.7 Å². The van der Waals surface area contributed by atoms with Crippen molar-refractivity contribution in [3.05, 3.63) is 94.8 Å². The Labute approximate surface area is 464 Å². The van der Waals surface area contributed by atoms with Crippen LogP contribution in [0.25, 0.3) is 0 Å². The first-order valence-corrected chi connectivity index (χ1v) is 27.9. The lowest BCUT2D eigenvalue weighted by molar-refractivity contribution is -0.285. The van der Waals surface area contributed by atoms with Crippen LogP contribution < -0.4 is 14.8 Å². The number of carbonyl (C=O) groups is 5. The first-order chi connectivity index (χ1) is 38.4. The molecular formula is C59H64N4O18. The summed E-state index contributed by atoms with van der Waals surface area (Å²) in [6.07, 6.45) is -6.07. The van der Waals surface area contributed by atoms with E-state index in [0.717, 1.165) is 0 Å². The fourth-order valence-corrected chi connectivity index (χ4v) is 18.1. The average molecular weight is 1120 g/mol. The maximum absolute atomic E-state index is 14.4. The number of hydrogen-bond donors (Lipinski definition) is 6. The van der Waals surface area contributed by atoms with Crippen LogP contribution in [-0.4, -0.2) is 137 Å². The number of esters is 4. The highest BCUT2D eigenvalue weighted by atomic mass is 16.8. The molecule has 81 heavy (non-hydrogen) atoms. The topological polar surface area (TPSA) is 310 Å². The first-order valence-electron chi connectivity index (χ1n) is 27.9. The smallest absolute Gasteiger partial charge is 0.341 e. The third-order valence-electron chi connectivity index (χ3n) is 21.5. The van der Waals surface area contributed by atoms with Crippen LogP contribution in [0.2, 0.25) is 0 Å². The number of amides is 1. The maximum atomic E-state index is 14.4. The monoisotopic (exact) mass is 1120 g/mol. The van der Waals surface area contributed by atoms with E-state index < -0.39 is 153 Å². The fourth-order valence-electron chi connectivity index (χ4n) is 18.1. The minimum Gasteiger partial charge on any atom is -0.508 e. The average Bonchev–Trinajstić information content (AvgIpc) is 2.06. The molecule has 428 valence electrons. The molecule has 4 aromatic rings. The molecule has 1 aromatic heterocycles. The number of aryl methyl sites for hydroxylation is 1. The minimum absolute atomic E-state index is 0.00762. The first kappa shape index (κ1) is 52.4. The fraction of sp³-hybridized carbons (Fsp3) is 0.576. The molecule has 6 heterocycles. The summed E-state index contributed by atoms with van der Waals surface area (Å²) >= 11 is 0. The standard InChI is InChI=1S/C59H64N4O18/c1-24-40-43(56(6)57(7,73)53(72)81-59(56)50(24)79-59)46(69)41-39-42(48(75-25(2)64)51(55(40,41)5)76-26(3)65)54(4)34(21-37-47(78-37)49(54)70)44(45(39)68)60-38(67)13-10-18-63-22-27(61-62-63)23-74-29-15-17-33-36(20-29)77-35-19-28(66)14-16-32(35)58(33)31-12-9-8-11-30(31)52(71)80-58/h8-9,11-12,14-17,19-20,22,24,34,37,39-51,66,68-70,73H,10,13,18,21,23H2,1-7H3,(H,60,67)/t24-,34+,37-,39?,40-,41+,42?,43-,44-,45+,46+,47-,48-,49-,50+,51-,54-,55+,56-,57+,58?,59-/m0/s1. The Bertz CT molecular complexity index is 3390. The number of fused-ring (bicyclic) bond motifs is 15. The van der Waals surface area contributed by atoms with E-state index in [9.17, 15) is 49.5 Å². The summed E-state index contributed by atoms with van der Waals surface area (Å²) in [4.78, 5) is 68.0. The molecule has 22 nitrogen and oxygen atoms in total. The van der Waals surface area contributed by atoms with Gasteiger partial charge in [-0.15, -0.1) is 5.10 Å². The number of nitrogens with zero attached hydrogens (tertiary/aromatic N) is 3. The summed E-state index contributed by atoms with van der Waals surface area (Å²) in [7, 11) is 0. The number of nitrogens with one attached hydrogen (secondary N) is 1. The number of ether oxygens (including phenoxy) is 8. The largest absolute Gasteiger partial charge is 0.508 e. The van der Waals surface area contributed by atoms with E-state index in [-0.39, 0.29) is 31.4 Å². The summed E-state index contributed by atoms with van der Waals surface area (Å²) in [6, 6.07) is 16.0. The predicted molar refractivity (Wildman–Crippen MR) is 273 cm³/mol. The normalized spacial score (nSPS) is 43.6. The van der Waals surface area contributed by atoms with Gasteiger partial charge in [0, 0.05) is 84.2 Å². The number of aliphatic hydroxyl groups is 4. The molecule has 14 rings (SSSR count). The molecule has 3 aromatic carbocycles. The lowest BCUT2D eigenvalue weighted by Gasteiger charge is -2.67. The number of epoxide rings is 2. The number of carbonyl (C=O) groups excluding carboxylic acids is 5. The highest BCUT2D eigenvalue weighted by molar-refractivity contribution is 5.97. The Morgan fingerprint density at radius 2 is 1.58 bits per heavy atom. The molecule has 22 heteroatoms. The van der Waals surface area contributed by atoms with Crippen molar-refractivity contribution in [3.63, 3.8) is 0 Å². The van der Waals surface area contributed by atoms with Gasteiger partial charge >= 0.3 is 23.9 Å². The number of aliphatic hydroxyl groups excluding tert-OH is 3. The second kappa shape index (κ2) is 17.2. The van der Waals surface area contributed by atoms with Gasteiger partial charge in [0.2, 0.25) is 11.7 Å². The van der Waals surface area contributed by atoms with Gasteiger partial charge in [0.15, 0.2) is 11.2 Å². The Morgan fingerprint density at radius 3 is 2.33 bits per heavy atom. The quantitative estimate of drug-likeness (QED) is 0.0754. The van der Waals surface area contributed by atoms with Crippen molar-refractivity contribution >= 4 is 29.8 Å². The van der Waals surface area contributed by atoms with Crippen molar-refractivity contribution in [2.24, 2.45) is 57.7 Å². The van der Waals surface area contributed by atoms with E-state index in [2.05, 4.69) is 15.6 Å². The number of aromatic hydroxyl groups is 1. The molecule has 1 amide bonds. The van der Waals surface area contributed by atoms with Crippen LogP contribution in [0.5, 0.6) is 23.0 Å². The zero-order valence-corrected chi connectivity index (χ0v) is 45.5. The van der Waals surface area contributed by atoms with Gasteiger partial charge in [0.25, 0.3) is 0 Å². The molecule has 8 fully saturated rings. The van der Waals surface area contributed by atoms with Crippen LogP contribution in [-0.2, 0) is 66.4 Å². The molecule has 22 atom stereocenters. The molecule has 3 unspecified atom stereocenters. The molecule has 5 saturated carbocycles. The van der Waals surface area contributed by atoms with Crippen LogP contribution >= 0.6 is 0 Å². The summed E-state index contributed by atoms with van der Waals surface area (Å²) in [5.74, 6) is -9.60. The number of phenolic OH excluding ortho intramolecular Hbond substituents is 1. The van der Waals surface area contributed by atoms with E-state index in [4.69, 9.17) is 37.9 Å². The zero-order chi connectivity index (χ0) is 57.0. The molecule has 2 spiro atoms. The maximum Gasteiger partial charge on any atom is 0.341 e. The minimum atomic E-state index is -2.16. The van der Waals surface area contributed by atoms with Gasteiger partial charge in [-0.3, -0.25) is 19.1 Å². The third kappa shape index (κ3) is 6.73. The molecule has 5 aliphatic heterocycles. The molecular weight excluding hydrogens is 1050 g/mol. The van der Waals surface area contributed by atoms with E-state index in [1.807, 2.05) is 32.9 Å². The highest BCUT2D eigenvalue weighted by Gasteiger charge is 2.93. The Kier molecular flexibility index (Phi) is 11.1. The predicted octanol–water partition coefficient (Wildman–Crippen LogP) is 3.32. The summed E-state index contributed by atoms with van der Waals surface area (Å²) in [6.45, 7) is 11.3. The molecule has 5 aliphatic carbocycles. The number of benzene rings is 3. The van der Waals surface area contributed by atoms with Crippen LogP contribution in [0.4, 0.5) is 0 Å². The van der Waals surface area contributed by atoms with E-state index in [1.165, 1.54) is 32.9 Å². The number of rotatable bonds is 10. The third-order valence-corrected chi connectivity index (χ3v) is 21.5. The summed E-state index contributed by atoms with van der Waals surface area (Å²) in [5.41, 5.74) is -5.00. The summed E-state index contributed by atoms with van der Waals surface area (Å²) < 4.78 is 51.1.